The molecule has 0 aliphatic heterocycles. The first kappa shape index (κ1) is 8.67. The second-order valence-electron chi connectivity index (χ2n) is 3.75. The smallest absolute Gasteiger partial charge is 0.240 e. The van der Waals surface area contributed by atoms with Gasteiger partial charge in [0.2, 0.25) is 11.7 Å². The maximum absolute atomic E-state index is 5.12. The molecule has 2 aromatic heterocycles. The van der Waals surface area contributed by atoms with Crippen molar-refractivity contribution < 1.29 is 4.52 Å². The van der Waals surface area contributed by atoms with Crippen molar-refractivity contribution in [2.24, 2.45) is 0 Å². The summed E-state index contributed by atoms with van der Waals surface area (Å²) in [4.78, 5) is 7.32. The highest BCUT2D eigenvalue weighted by Gasteiger charge is 2.21. The summed E-state index contributed by atoms with van der Waals surface area (Å²) in [5.41, 5.74) is 0.886. The van der Waals surface area contributed by atoms with Crippen LogP contribution in [0.3, 0.4) is 0 Å². The van der Waals surface area contributed by atoms with Gasteiger partial charge in [0.25, 0.3) is 0 Å². The second-order valence-corrected chi connectivity index (χ2v) is 3.75. The molecule has 2 N–H and O–H groups in total. The molecule has 0 spiro atoms. The Labute approximate surface area is 86.9 Å². The molecule has 2 aromatic rings. The van der Waals surface area contributed by atoms with Crippen molar-refractivity contribution in [3.8, 4) is 11.5 Å². The van der Waals surface area contributed by atoms with Gasteiger partial charge in [-0.15, -0.1) is 0 Å². The lowest BCUT2D eigenvalue weighted by Crippen LogP contribution is -2.15. The molecule has 5 nitrogen and oxygen atoms in total. The number of aromatic amines is 1. The van der Waals surface area contributed by atoms with E-state index in [1.165, 1.54) is 12.8 Å². The van der Waals surface area contributed by atoms with Gasteiger partial charge in [-0.1, -0.05) is 5.16 Å². The molecule has 0 unspecified atom stereocenters. The topological polar surface area (TPSA) is 66.7 Å². The Hall–Kier alpha value is -1.62. The van der Waals surface area contributed by atoms with E-state index in [1.807, 2.05) is 18.3 Å². The average Bonchev–Trinajstić information content (AvgIpc) is 2.78. The Balaban J connectivity index is 1.69. The summed E-state index contributed by atoms with van der Waals surface area (Å²) in [6.07, 6.45) is 4.36. The van der Waals surface area contributed by atoms with Crippen LogP contribution in [0.5, 0.6) is 0 Å². The zero-order valence-electron chi connectivity index (χ0n) is 8.23. The molecule has 5 heteroatoms. The molecule has 1 saturated carbocycles. The van der Waals surface area contributed by atoms with Gasteiger partial charge < -0.3 is 14.8 Å². The normalized spacial score (nSPS) is 15.7. The van der Waals surface area contributed by atoms with Crippen LogP contribution in [0.1, 0.15) is 18.7 Å². The van der Waals surface area contributed by atoms with E-state index in [1.54, 1.807) is 0 Å². The van der Waals surface area contributed by atoms with Crippen LogP contribution in [0.15, 0.2) is 22.9 Å². The molecule has 15 heavy (non-hydrogen) atoms. The lowest BCUT2D eigenvalue weighted by atomic mass is 10.4. The van der Waals surface area contributed by atoms with Gasteiger partial charge >= 0.3 is 0 Å². The van der Waals surface area contributed by atoms with Crippen LogP contribution in [0.4, 0.5) is 0 Å². The van der Waals surface area contributed by atoms with Gasteiger partial charge in [0.1, 0.15) is 0 Å². The first-order valence-electron chi connectivity index (χ1n) is 5.11. The summed E-state index contributed by atoms with van der Waals surface area (Å²) in [6.45, 7) is 0.665. The molecule has 0 radical (unpaired) electrons. The molecular weight excluding hydrogens is 192 g/mol. The van der Waals surface area contributed by atoms with Crippen LogP contribution in [0.2, 0.25) is 0 Å². The molecule has 1 aliphatic rings. The Morgan fingerprint density at radius 3 is 3.20 bits per heavy atom. The lowest BCUT2D eigenvalue weighted by Gasteiger charge is -1.94. The Morgan fingerprint density at radius 2 is 2.47 bits per heavy atom. The Kier molecular flexibility index (Phi) is 2.03. The summed E-state index contributed by atoms with van der Waals surface area (Å²) in [5.74, 6) is 1.26. The maximum atomic E-state index is 5.12. The molecule has 0 bridgehead atoms. The molecule has 3 rings (SSSR count). The minimum atomic E-state index is 0.618. The van der Waals surface area contributed by atoms with Gasteiger partial charge in [0, 0.05) is 12.2 Å². The van der Waals surface area contributed by atoms with E-state index in [4.69, 9.17) is 4.52 Å². The van der Waals surface area contributed by atoms with Crippen molar-refractivity contribution in [2.45, 2.75) is 25.4 Å². The van der Waals surface area contributed by atoms with E-state index in [2.05, 4.69) is 20.4 Å². The van der Waals surface area contributed by atoms with E-state index in [-0.39, 0.29) is 0 Å². The number of hydrogen-bond donors (Lipinski definition) is 2. The molecule has 0 atom stereocenters. The minimum absolute atomic E-state index is 0.618. The third kappa shape index (κ3) is 1.92. The predicted octanol–water partition coefficient (Wildman–Crippen LogP) is 1.32. The number of hydrogen-bond acceptors (Lipinski definition) is 4. The van der Waals surface area contributed by atoms with E-state index in [0.717, 1.165) is 5.69 Å². The third-order valence-electron chi connectivity index (χ3n) is 2.43. The first-order valence-corrected chi connectivity index (χ1v) is 5.11. The van der Waals surface area contributed by atoms with Crippen molar-refractivity contribution in [1.29, 1.82) is 0 Å². The van der Waals surface area contributed by atoms with Crippen molar-refractivity contribution in [2.75, 3.05) is 0 Å². The standard InChI is InChI=1S/C10H12N4O/c1-2-8(11-5-1)10-13-9(15-14-10)6-12-7-3-4-7/h1-2,5,7,11-12H,3-4,6H2. The lowest BCUT2D eigenvalue weighted by molar-refractivity contribution is 0.367. The fourth-order valence-corrected chi connectivity index (χ4v) is 1.42. The third-order valence-corrected chi connectivity index (χ3v) is 2.43. The number of H-pyrrole nitrogens is 1. The highest BCUT2D eigenvalue weighted by molar-refractivity contribution is 5.47. The fourth-order valence-electron chi connectivity index (χ4n) is 1.42. The van der Waals surface area contributed by atoms with Crippen LogP contribution >= 0.6 is 0 Å². The van der Waals surface area contributed by atoms with Gasteiger partial charge in [0.05, 0.1) is 12.2 Å². The number of nitrogens with one attached hydrogen (secondary N) is 2. The van der Waals surface area contributed by atoms with Gasteiger partial charge in [-0.25, -0.2) is 0 Å². The number of rotatable bonds is 4. The van der Waals surface area contributed by atoms with Gasteiger partial charge in [-0.05, 0) is 25.0 Å². The molecule has 0 amide bonds. The van der Waals surface area contributed by atoms with Gasteiger partial charge in [-0.2, -0.15) is 4.98 Å². The Bertz CT molecular complexity index is 430. The summed E-state index contributed by atoms with van der Waals surface area (Å²) >= 11 is 0. The van der Waals surface area contributed by atoms with E-state index >= 15 is 0 Å². The zero-order chi connectivity index (χ0) is 10.1. The fraction of sp³-hybridized carbons (Fsp3) is 0.400. The van der Waals surface area contributed by atoms with E-state index in [9.17, 15) is 0 Å². The van der Waals surface area contributed by atoms with Gasteiger partial charge in [0.15, 0.2) is 0 Å². The van der Waals surface area contributed by atoms with Crippen molar-refractivity contribution in [1.82, 2.24) is 20.4 Å². The van der Waals surface area contributed by atoms with E-state index in [0.29, 0.717) is 24.3 Å². The average molecular weight is 204 g/mol. The summed E-state index contributed by atoms with van der Waals surface area (Å²) in [5, 5.41) is 7.22. The van der Waals surface area contributed by atoms with Crippen LogP contribution in [-0.4, -0.2) is 21.2 Å². The Morgan fingerprint density at radius 1 is 1.53 bits per heavy atom. The number of aromatic nitrogens is 3. The SMILES string of the molecule is c1c[nH]c(-c2noc(CNC3CC3)n2)c1. The van der Waals surface area contributed by atoms with Crippen molar-refractivity contribution >= 4 is 0 Å². The first-order chi connectivity index (χ1) is 7.42. The second kappa shape index (κ2) is 3.51. The molecule has 0 aromatic carbocycles. The van der Waals surface area contributed by atoms with Gasteiger partial charge in [-0.3, -0.25) is 0 Å². The summed E-state index contributed by atoms with van der Waals surface area (Å²) < 4.78 is 5.12. The monoisotopic (exact) mass is 204 g/mol. The molecule has 2 heterocycles. The zero-order valence-corrected chi connectivity index (χ0v) is 8.23. The number of nitrogens with zero attached hydrogens (tertiary/aromatic N) is 2. The minimum Gasteiger partial charge on any atom is -0.359 e. The quantitative estimate of drug-likeness (QED) is 0.788. The van der Waals surface area contributed by atoms with Crippen LogP contribution in [0, 0.1) is 0 Å². The van der Waals surface area contributed by atoms with Crippen LogP contribution < -0.4 is 5.32 Å². The van der Waals surface area contributed by atoms with Crippen molar-refractivity contribution in [3.05, 3.63) is 24.2 Å². The predicted molar refractivity (Wildman–Crippen MR) is 53.9 cm³/mol. The van der Waals surface area contributed by atoms with Crippen LogP contribution in [0.25, 0.3) is 11.5 Å². The highest BCUT2D eigenvalue weighted by atomic mass is 16.5. The summed E-state index contributed by atoms with van der Waals surface area (Å²) in [7, 11) is 0. The highest BCUT2D eigenvalue weighted by Crippen LogP contribution is 2.19. The van der Waals surface area contributed by atoms with E-state index < -0.39 is 0 Å². The summed E-state index contributed by atoms with van der Waals surface area (Å²) in [6, 6.07) is 4.49. The molecule has 1 aliphatic carbocycles. The van der Waals surface area contributed by atoms with Crippen molar-refractivity contribution in [3.63, 3.8) is 0 Å². The molecule has 78 valence electrons. The maximum Gasteiger partial charge on any atom is 0.240 e. The molecule has 1 fully saturated rings. The largest absolute Gasteiger partial charge is 0.359 e. The molecule has 0 saturated heterocycles. The molecular formula is C10H12N4O. The van der Waals surface area contributed by atoms with Crippen LogP contribution in [-0.2, 0) is 6.54 Å².